The highest BCUT2D eigenvalue weighted by Crippen LogP contribution is 2.31. The number of rotatable bonds is 13. The van der Waals surface area contributed by atoms with Crippen molar-refractivity contribution in [2.24, 2.45) is 0 Å². The first-order valence-electron chi connectivity index (χ1n) is 12.8. The minimum absolute atomic E-state index is 0.134. The van der Waals surface area contributed by atoms with Crippen LogP contribution in [0, 0.1) is 0 Å². The van der Waals surface area contributed by atoms with Crippen molar-refractivity contribution in [1.29, 1.82) is 0 Å². The van der Waals surface area contributed by atoms with Crippen molar-refractivity contribution in [3.8, 4) is 17.0 Å². The molecule has 1 amide bonds. The molecule has 10 heteroatoms. The van der Waals surface area contributed by atoms with Crippen LogP contribution in [-0.4, -0.2) is 70.2 Å². The number of anilines is 1. The SMILES string of the molecule is CNCC(O)COc1cccc(-c2cc(NCCCNC(=O)c3cccnc3)c3cnn(C(C)C)c3n2)c1. The first-order valence-corrected chi connectivity index (χ1v) is 12.8. The molecule has 0 radical (unpaired) electrons. The number of amides is 1. The normalized spacial score (nSPS) is 12.0. The van der Waals surface area contributed by atoms with Crippen LogP contribution in [0.3, 0.4) is 0 Å². The molecule has 1 atom stereocenters. The maximum atomic E-state index is 12.2. The molecule has 0 bridgehead atoms. The second-order valence-corrected chi connectivity index (χ2v) is 9.30. The number of carbonyl (C=O) groups is 1. The van der Waals surface area contributed by atoms with Crippen molar-refractivity contribution in [2.75, 3.05) is 38.6 Å². The Labute approximate surface area is 222 Å². The molecule has 0 saturated heterocycles. The average Bonchev–Trinajstić information content (AvgIpc) is 3.37. The van der Waals surface area contributed by atoms with Gasteiger partial charge in [-0.1, -0.05) is 12.1 Å². The number of aromatic nitrogens is 4. The van der Waals surface area contributed by atoms with Gasteiger partial charge in [0.25, 0.3) is 5.91 Å². The van der Waals surface area contributed by atoms with Crippen LogP contribution in [0.15, 0.2) is 61.1 Å². The van der Waals surface area contributed by atoms with E-state index in [0.29, 0.717) is 30.9 Å². The van der Waals surface area contributed by atoms with Gasteiger partial charge in [-0.25, -0.2) is 9.67 Å². The van der Waals surface area contributed by atoms with Crippen LogP contribution in [0.25, 0.3) is 22.3 Å². The van der Waals surface area contributed by atoms with Crippen molar-refractivity contribution < 1.29 is 14.6 Å². The van der Waals surface area contributed by atoms with Gasteiger partial charge in [0.1, 0.15) is 18.5 Å². The summed E-state index contributed by atoms with van der Waals surface area (Å²) in [6, 6.07) is 13.3. The Balaban J connectivity index is 1.48. The number of nitrogens with one attached hydrogen (secondary N) is 3. The Morgan fingerprint density at radius 2 is 2.00 bits per heavy atom. The molecule has 200 valence electrons. The lowest BCUT2D eigenvalue weighted by atomic mass is 10.1. The zero-order chi connectivity index (χ0) is 26.9. The van der Waals surface area contributed by atoms with Crippen LogP contribution < -0.4 is 20.7 Å². The topological polar surface area (TPSA) is 126 Å². The number of nitrogens with zero attached hydrogens (tertiary/aromatic N) is 4. The number of likely N-dealkylation sites (N-methyl/N-ethyl adjacent to an activating group) is 1. The van der Waals surface area contributed by atoms with Crippen molar-refractivity contribution in [3.05, 3.63) is 66.6 Å². The molecule has 10 nitrogen and oxygen atoms in total. The number of carbonyl (C=O) groups excluding carboxylic acids is 1. The summed E-state index contributed by atoms with van der Waals surface area (Å²) in [6.45, 7) is 5.99. The van der Waals surface area contributed by atoms with E-state index in [9.17, 15) is 9.90 Å². The van der Waals surface area contributed by atoms with E-state index in [1.54, 1.807) is 31.6 Å². The summed E-state index contributed by atoms with van der Waals surface area (Å²) in [5, 5.41) is 24.8. The van der Waals surface area contributed by atoms with Crippen molar-refractivity contribution in [2.45, 2.75) is 32.4 Å². The van der Waals surface area contributed by atoms with E-state index in [-0.39, 0.29) is 18.6 Å². The Kier molecular flexibility index (Phi) is 9.23. The third kappa shape index (κ3) is 6.84. The standard InChI is InChI=1S/C28H35N7O3/c1-19(2)35-27-24(17-33-35)26(31-11-6-12-32-28(37)21-8-5-10-30-15-21)14-25(34-27)20-7-4-9-23(13-20)38-18-22(36)16-29-3/h4-5,7-10,13-15,17,19,22,29,36H,6,11-12,16,18H2,1-3H3,(H,31,34)(H,32,37). The summed E-state index contributed by atoms with van der Waals surface area (Å²) in [5.41, 5.74) is 3.95. The second-order valence-electron chi connectivity index (χ2n) is 9.30. The van der Waals surface area contributed by atoms with Gasteiger partial charge in [-0.15, -0.1) is 0 Å². The first kappa shape index (κ1) is 27.0. The Bertz CT molecular complexity index is 1340. The summed E-state index contributed by atoms with van der Waals surface area (Å²) in [5.74, 6) is 0.529. The number of aliphatic hydroxyl groups excluding tert-OH is 1. The molecule has 1 unspecified atom stereocenters. The molecule has 1 aromatic carbocycles. The zero-order valence-corrected chi connectivity index (χ0v) is 22.0. The molecule has 0 fully saturated rings. The Morgan fingerprint density at radius 1 is 1.13 bits per heavy atom. The minimum Gasteiger partial charge on any atom is -0.491 e. The maximum Gasteiger partial charge on any atom is 0.252 e. The summed E-state index contributed by atoms with van der Waals surface area (Å²) >= 11 is 0. The molecular formula is C28H35N7O3. The average molecular weight is 518 g/mol. The number of benzene rings is 1. The predicted molar refractivity (Wildman–Crippen MR) is 148 cm³/mol. The van der Waals surface area contributed by atoms with Gasteiger partial charge in [0.15, 0.2) is 5.65 Å². The van der Waals surface area contributed by atoms with Crippen molar-refractivity contribution in [3.63, 3.8) is 0 Å². The van der Waals surface area contributed by atoms with Gasteiger partial charge in [-0.2, -0.15) is 5.10 Å². The van der Waals surface area contributed by atoms with Gasteiger partial charge in [-0.3, -0.25) is 9.78 Å². The van der Waals surface area contributed by atoms with E-state index in [1.807, 2.05) is 41.2 Å². The van der Waals surface area contributed by atoms with E-state index >= 15 is 0 Å². The molecular weight excluding hydrogens is 482 g/mol. The lowest BCUT2D eigenvalue weighted by molar-refractivity contribution is 0.0953. The van der Waals surface area contributed by atoms with E-state index in [1.165, 1.54) is 0 Å². The smallest absolute Gasteiger partial charge is 0.252 e. The Morgan fingerprint density at radius 3 is 2.76 bits per heavy atom. The van der Waals surface area contributed by atoms with Crippen molar-refractivity contribution >= 4 is 22.6 Å². The number of pyridine rings is 2. The lowest BCUT2D eigenvalue weighted by Crippen LogP contribution is -2.29. The molecule has 4 aromatic rings. The second kappa shape index (κ2) is 13.0. The predicted octanol–water partition coefficient (Wildman–Crippen LogP) is 3.27. The molecule has 0 saturated carbocycles. The maximum absolute atomic E-state index is 12.2. The van der Waals surface area contributed by atoms with Gasteiger partial charge in [-0.05, 0) is 57.6 Å². The third-order valence-corrected chi connectivity index (χ3v) is 5.95. The summed E-state index contributed by atoms with van der Waals surface area (Å²) in [6.07, 6.45) is 5.18. The van der Waals surface area contributed by atoms with Crippen LogP contribution in [-0.2, 0) is 0 Å². The third-order valence-electron chi connectivity index (χ3n) is 5.95. The van der Waals surface area contributed by atoms with Crippen LogP contribution in [0.1, 0.15) is 36.7 Å². The molecule has 0 aliphatic heterocycles. The molecule has 0 spiro atoms. The number of hydrogen-bond acceptors (Lipinski definition) is 8. The number of ether oxygens (including phenoxy) is 1. The van der Waals surface area contributed by atoms with Gasteiger partial charge in [0, 0.05) is 49.3 Å². The van der Waals surface area contributed by atoms with Crippen LogP contribution in [0.4, 0.5) is 5.69 Å². The fourth-order valence-electron chi connectivity index (χ4n) is 4.03. The fraction of sp³-hybridized carbons (Fsp3) is 0.357. The molecule has 0 aliphatic rings. The monoisotopic (exact) mass is 517 g/mol. The highest BCUT2D eigenvalue weighted by Gasteiger charge is 2.15. The quantitative estimate of drug-likeness (QED) is 0.199. The summed E-state index contributed by atoms with van der Waals surface area (Å²) < 4.78 is 7.71. The summed E-state index contributed by atoms with van der Waals surface area (Å²) in [4.78, 5) is 21.2. The molecule has 38 heavy (non-hydrogen) atoms. The zero-order valence-electron chi connectivity index (χ0n) is 22.0. The van der Waals surface area contributed by atoms with Gasteiger partial charge < -0.3 is 25.8 Å². The van der Waals surface area contributed by atoms with E-state index < -0.39 is 6.10 Å². The number of fused-ring (bicyclic) bond motifs is 1. The number of aliphatic hydroxyl groups is 1. The lowest BCUT2D eigenvalue weighted by Gasteiger charge is -2.14. The van der Waals surface area contributed by atoms with Crippen LogP contribution >= 0.6 is 0 Å². The highest BCUT2D eigenvalue weighted by atomic mass is 16.5. The van der Waals surface area contributed by atoms with E-state index in [4.69, 9.17) is 9.72 Å². The fourth-order valence-corrected chi connectivity index (χ4v) is 4.03. The van der Waals surface area contributed by atoms with Gasteiger partial charge in [0.05, 0.1) is 22.8 Å². The number of hydrogen-bond donors (Lipinski definition) is 4. The van der Waals surface area contributed by atoms with Crippen LogP contribution in [0.5, 0.6) is 5.75 Å². The highest BCUT2D eigenvalue weighted by molar-refractivity contribution is 5.94. The summed E-state index contributed by atoms with van der Waals surface area (Å²) in [7, 11) is 1.79. The molecule has 4 N–H and O–H groups in total. The van der Waals surface area contributed by atoms with E-state index in [2.05, 4.69) is 39.9 Å². The molecule has 4 rings (SSSR count). The van der Waals surface area contributed by atoms with Crippen molar-refractivity contribution in [1.82, 2.24) is 30.4 Å². The van der Waals surface area contributed by atoms with Gasteiger partial charge >= 0.3 is 0 Å². The van der Waals surface area contributed by atoms with Crippen LogP contribution in [0.2, 0.25) is 0 Å². The minimum atomic E-state index is -0.594. The molecule has 0 aliphatic carbocycles. The van der Waals surface area contributed by atoms with E-state index in [0.717, 1.165) is 34.4 Å². The first-order chi connectivity index (χ1) is 18.5. The molecule has 3 heterocycles. The Hall–Kier alpha value is -4.02. The van der Waals surface area contributed by atoms with Gasteiger partial charge in [0.2, 0.25) is 0 Å². The largest absolute Gasteiger partial charge is 0.491 e. The molecule has 3 aromatic heterocycles.